The zero-order valence-corrected chi connectivity index (χ0v) is 7.55. The fourth-order valence-corrected chi connectivity index (χ4v) is 1.45. The van der Waals surface area contributed by atoms with Crippen LogP contribution in [0, 0.1) is 0 Å². The van der Waals surface area contributed by atoms with Gasteiger partial charge in [-0.1, -0.05) is 0 Å². The van der Waals surface area contributed by atoms with Gasteiger partial charge >= 0.3 is 0 Å². The molecule has 1 aliphatic heterocycles. The Hall–Kier alpha value is -0.610. The molecule has 1 heterocycles. The van der Waals surface area contributed by atoms with E-state index in [-0.39, 0.29) is 5.91 Å². The molecule has 12 heavy (non-hydrogen) atoms. The molecule has 0 unspecified atom stereocenters. The molecular weight excluding hydrogens is 154 g/mol. The molecule has 0 bridgehead atoms. The minimum atomic E-state index is 0.107. The first-order valence-corrected chi connectivity index (χ1v) is 4.41. The summed E-state index contributed by atoms with van der Waals surface area (Å²) in [5.41, 5.74) is 5.72. The van der Waals surface area contributed by atoms with Crippen LogP contribution in [0.5, 0.6) is 0 Å². The summed E-state index contributed by atoms with van der Waals surface area (Å²) in [5, 5.41) is 2.60. The van der Waals surface area contributed by atoms with Crippen molar-refractivity contribution in [3.63, 3.8) is 0 Å². The van der Waals surface area contributed by atoms with Gasteiger partial charge in [0.1, 0.15) is 0 Å². The van der Waals surface area contributed by atoms with E-state index in [0.717, 1.165) is 26.1 Å². The Morgan fingerprint density at radius 3 is 3.00 bits per heavy atom. The van der Waals surface area contributed by atoms with Crippen LogP contribution in [0.3, 0.4) is 0 Å². The topological polar surface area (TPSA) is 58.4 Å². The lowest BCUT2D eigenvalue weighted by atomic mass is 10.3. The van der Waals surface area contributed by atoms with Crippen molar-refractivity contribution in [2.24, 2.45) is 5.73 Å². The Balaban J connectivity index is 2.11. The number of nitrogens with one attached hydrogen (secondary N) is 1. The number of nitrogens with two attached hydrogens (primary N) is 1. The van der Waals surface area contributed by atoms with E-state index >= 15 is 0 Å². The van der Waals surface area contributed by atoms with Crippen LogP contribution < -0.4 is 11.1 Å². The molecule has 0 spiro atoms. The summed E-state index contributed by atoms with van der Waals surface area (Å²) in [6.45, 7) is 2.82. The average Bonchev–Trinajstić information content (AvgIpc) is 2.47. The number of hydrogen-bond donors (Lipinski definition) is 2. The largest absolute Gasteiger partial charge is 0.359 e. The lowest BCUT2D eigenvalue weighted by Crippen LogP contribution is -2.30. The summed E-state index contributed by atoms with van der Waals surface area (Å²) in [6.07, 6.45) is 1.65. The van der Waals surface area contributed by atoms with Gasteiger partial charge in [-0.2, -0.15) is 0 Å². The molecular formula is C8H17N3O. The van der Waals surface area contributed by atoms with Crippen molar-refractivity contribution in [1.29, 1.82) is 0 Å². The molecule has 1 fully saturated rings. The maximum absolute atomic E-state index is 10.9. The van der Waals surface area contributed by atoms with Crippen molar-refractivity contribution < 1.29 is 4.79 Å². The normalized spacial score (nSPS) is 24.3. The highest BCUT2D eigenvalue weighted by atomic mass is 16.1. The van der Waals surface area contributed by atoms with Gasteiger partial charge in [-0.25, -0.2) is 0 Å². The number of rotatable bonds is 3. The summed E-state index contributed by atoms with van der Waals surface area (Å²) in [6, 6.07) is 0.315. The minimum absolute atomic E-state index is 0.107. The first-order valence-electron chi connectivity index (χ1n) is 4.41. The van der Waals surface area contributed by atoms with Crippen molar-refractivity contribution in [1.82, 2.24) is 10.2 Å². The number of carbonyl (C=O) groups excluding carboxylic acids is 1. The van der Waals surface area contributed by atoms with Crippen molar-refractivity contribution in [3.05, 3.63) is 0 Å². The molecule has 1 rings (SSSR count). The van der Waals surface area contributed by atoms with Gasteiger partial charge in [0.05, 0.1) is 0 Å². The van der Waals surface area contributed by atoms with Gasteiger partial charge in [0.2, 0.25) is 5.91 Å². The molecule has 0 saturated carbocycles. The molecule has 4 heteroatoms. The maximum Gasteiger partial charge on any atom is 0.221 e. The van der Waals surface area contributed by atoms with Crippen molar-refractivity contribution in [3.8, 4) is 0 Å². The van der Waals surface area contributed by atoms with E-state index in [1.807, 2.05) is 0 Å². The van der Waals surface area contributed by atoms with E-state index in [0.29, 0.717) is 12.5 Å². The number of likely N-dealkylation sites (tertiary alicyclic amines) is 1. The zero-order chi connectivity index (χ0) is 8.97. The molecule has 1 aliphatic rings. The van der Waals surface area contributed by atoms with Gasteiger partial charge in [0, 0.05) is 32.6 Å². The second kappa shape index (κ2) is 4.42. The maximum atomic E-state index is 10.9. The van der Waals surface area contributed by atoms with Gasteiger partial charge in [-0.3, -0.25) is 4.79 Å². The van der Waals surface area contributed by atoms with Gasteiger partial charge in [-0.05, 0) is 13.0 Å². The molecule has 70 valence electrons. The van der Waals surface area contributed by atoms with Gasteiger partial charge in [-0.15, -0.1) is 0 Å². The summed E-state index contributed by atoms with van der Waals surface area (Å²) >= 11 is 0. The van der Waals surface area contributed by atoms with E-state index in [1.54, 1.807) is 7.05 Å². The Morgan fingerprint density at radius 1 is 1.75 bits per heavy atom. The lowest BCUT2D eigenvalue weighted by Gasteiger charge is -2.13. The molecule has 4 nitrogen and oxygen atoms in total. The fourth-order valence-electron chi connectivity index (χ4n) is 1.45. The third kappa shape index (κ3) is 2.79. The molecule has 1 amide bonds. The lowest BCUT2D eigenvalue weighted by molar-refractivity contribution is -0.120. The van der Waals surface area contributed by atoms with Crippen LogP contribution >= 0.6 is 0 Å². The second-order valence-corrected chi connectivity index (χ2v) is 3.27. The third-order valence-electron chi connectivity index (χ3n) is 2.24. The van der Waals surface area contributed by atoms with Crippen molar-refractivity contribution in [2.75, 3.05) is 26.7 Å². The molecule has 0 aliphatic carbocycles. The SMILES string of the molecule is CNC(=O)CCN1CC[C@@H](N)C1. The highest BCUT2D eigenvalue weighted by Gasteiger charge is 2.18. The second-order valence-electron chi connectivity index (χ2n) is 3.27. The smallest absolute Gasteiger partial charge is 0.221 e. The number of nitrogens with zero attached hydrogens (tertiary/aromatic N) is 1. The van der Waals surface area contributed by atoms with E-state index in [4.69, 9.17) is 5.73 Å². The van der Waals surface area contributed by atoms with Gasteiger partial charge in [0.25, 0.3) is 0 Å². The number of carbonyl (C=O) groups is 1. The Labute approximate surface area is 73.1 Å². The summed E-state index contributed by atoms with van der Waals surface area (Å²) in [4.78, 5) is 13.1. The van der Waals surface area contributed by atoms with E-state index in [1.165, 1.54) is 0 Å². The number of amides is 1. The molecule has 1 saturated heterocycles. The van der Waals surface area contributed by atoms with Crippen LogP contribution in [-0.2, 0) is 4.79 Å². The summed E-state index contributed by atoms with van der Waals surface area (Å²) < 4.78 is 0. The Morgan fingerprint density at radius 2 is 2.50 bits per heavy atom. The van der Waals surface area contributed by atoms with Crippen molar-refractivity contribution in [2.45, 2.75) is 18.9 Å². The molecule has 1 atom stereocenters. The monoisotopic (exact) mass is 171 g/mol. The fraction of sp³-hybridized carbons (Fsp3) is 0.875. The highest BCUT2D eigenvalue weighted by Crippen LogP contribution is 2.06. The highest BCUT2D eigenvalue weighted by molar-refractivity contribution is 5.75. The molecule has 0 radical (unpaired) electrons. The minimum Gasteiger partial charge on any atom is -0.359 e. The van der Waals surface area contributed by atoms with Gasteiger partial charge < -0.3 is 16.0 Å². The van der Waals surface area contributed by atoms with Crippen molar-refractivity contribution >= 4 is 5.91 Å². The standard InChI is InChI=1S/C8H17N3O/c1-10-8(12)3-5-11-4-2-7(9)6-11/h7H,2-6,9H2,1H3,(H,10,12)/t7-/m1/s1. The van der Waals surface area contributed by atoms with E-state index in [9.17, 15) is 4.79 Å². The van der Waals surface area contributed by atoms with Crippen LogP contribution in [0.15, 0.2) is 0 Å². The van der Waals surface area contributed by atoms with E-state index < -0.39 is 0 Å². The Bertz CT molecular complexity index is 160. The molecule has 3 N–H and O–H groups in total. The first kappa shape index (κ1) is 9.48. The van der Waals surface area contributed by atoms with Crippen LogP contribution in [0.1, 0.15) is 12.8 Å². The van der Waals surface area contributed by atoms with Crippen LogP contribution in [0.25, 0.3) is 0 Å². The number of hydrogen-bond acceptors (Lipinski definition) is 3. The molecule has 0 aromatic carbocycles. The Kier molecular flexibility index (Phi) is 3.49. The third-order valence-corrected chi connectivity index (χ3v) is 2.24. The predicted molar refractivity (Wildman–Crippen MR) is 47.7 cm³/mol. The molecule has 0 aromatic heterocycles. The predicted octanol–water partition coefficient (Wildman–Crippen LogP) is -0.844. The quantitative estimate of drug-likeness (QED) is 0.582. The first-order chi connectivity index (χ1) is 5.72. The summed E-state index contributed by atoms with van der Waals surface area (Å²) in [7, 11) is 1.66. The summed E-state index contributed by atoms with van der Waals surface area (Å²) in [5.74, 6) is 0.107. The van der Waals surface area contributed by atoms with Crippen LogP contribution in [0.4, 0.5) is 0 Å². The average molecular weight is 171 g/mol. The van der Waals surface area contributed by atoms with E-state index in [2.05, 4.69) is 10.2 Å². The van der Waals surface area contributed by atoms with Crippen LogP contribution in [0.2, 0.25) is 0 Å². The molecule has 0 aromatic rings. The van der Waals surface area contributed by atoms with Crippen LogP contribution in [-0.4, -0.2) is 43.5 Å². The van der Waals surface area contributed by atoms with Gasteiger partial charge in [0.15, 0.2) is 0 Å². The zero-order valence-electron chi connectivity index (χ0n) is 7.55.